The van der Waals surface area contributed by atoms with Crippen molar-refractivity contribution >= 4 is 11.8 Å². The average molecular weight is 347 g/mol. The number of carbonyl (C=O) groups excluding carboxylic acids is 2. The van der Waals surface area contributed by atoms with Crippen LogP contribution in [0, 0.1) is 12.7 Å². The molecule has 1 heterocycles. The van der Waals surface area contributed by atoms with Gasteiger partial charge < -0.3 is 10.2 Å². The molecule has 2 amide bonds. The fourth-order valence-electron chi connectivity index (χ4n) is 2.22. The van der Waals surface area contributed by atoms with E-state index >= 15 is 0 Å². The first-order valence-corrected chi connectivity index (χ1v) is 7.83. The maximum Gasteiger partial charge on any atom is 0.293 e. The normalized spacial score (nSPS) is 11.3. The van der Waals surface area contributed by atoms with Crippen LogP contribution >= 0.6 is 0 Å². The van der Waals surface area contributed by atoms with Gasteiger partial charge in [-0.15, -0.1) is 5.10 Å². The molecule has 0 radical (unpaired) electrons. The first kappa shape index (κ1) is 18.6. The van der Waals surface area contributed by atoms with Crippen molar-refractivity contribution in [3.05, 3.63) is 41.7 Å². The fraction of sp³-hybridized carbons (Fsp3) is 0.412. The highest BCUT2D eigenvalue weighted by atomic mass is 19.1. The van der Waals surface area contributed by atoms with Gasteiger partial charge in [0, 0.05) is 12.6 Å². The number of amides is 2. The molecule has 0 aliphatic heterocycles. The van der Waals surface area contributed by atoms with Crippen LogP contribution in [0.3, 0.4) is 0 Å². The third-order valence-corrected chi connectivity index (χ3v) is 3.27. The van der Waals surface area contributed by atoms with Crippen LogP contribution in [-0.4, -0.2) is 50.6 Å². The molecule has 2 rings (SSSR count). The van der Waals surface area contributed by atoms with Crippen LogP contribution in [0.5, 0.6) is 0 Å². The minimum absolute atomic E-state index is 0.0205. The Morgan fingerprint density at radius 2 is 1.84 bits per heavy atom. The van der Waals surface area contributed by atoms with Crippen LogP contribution in [0.4, 0.5) is 4.39 Å². The zero-order valence-electron chi connectivity index (χ0n) is 15.0. The van der Waals surface area contributed by atoms with Crippen LogP contribution < -0.4 is 5.32 Å². The number of likely N-dealkylation sites (N-methyl/N-ethyl adjacent to an activating group) is 1. The Morgan fingerprint density at radius 1 is 1.24 bits per heavy atom. The van der Waals surface area contributed by atoms with Crippen molar-refractivity contribution in [3.8, 4) is 5.69 Å². The van der Waals surface area contributed by atoms with E-state index in [1.807, 2.05) is 20.8 Å². The van der Waals surface area contributed by atoms with Crippen LogP contribution in [0.25, 0.3) is 5.69 Å². The molecular weight excluding hydrogens is 325 g/mol. The molecule has 0 saturated heterocycles. The first-order valence-electron chi connectivity index (χ1n) is 7.83. The standard InChI is InChI=1S/C17H22FN5O2/c1-11-19-15(21-23(11)13-8-6-12(18)7-9-13)16(25)22(5)10-14(24)20-17(2,3)4/h6-9H,10H2,1-5H3,(H,20,24). The van der Waals surface area contributed by atoms with Gasteiger partial charge in [0.25, 0.3) is 5.91 Å². The van der Waals surface area contributed by atoms with E-state index in [0.29, 0.717) is 11.5 Å². The zero-order valence-corrected chi connectivity index (χ0v) is 15.0. The predicted octanol–water partition coefficient (Wildman–Crippen LogP) is 1.70. The molecule has 0 saturated carbocycles. The number of hydrogen-bond donors (Lipinski definition) is 1. The van der Waals surface area contributed by atoms with Gasteiger partial charge >= 0.3 is 0 Å². The van der Waals surface area contributed by atoms with Crippen LogP contribution in [-0.2, 0) is 4.79 Å². The van der Waals surface area contributed by atoms with Gasteiger partial charge in [0.05, 0.1) is 12.2 Å². The number of aromatic nitrogens is 3. The molecule has 0 atom stereocenters. The van der Waals surface area contributed by atoms with E-state index in [0.717, 1.165) is 0 Å². The van der Waals surface area contributed by atoms with Crippen molar-refractivity contribution in [2.24, 2.45) is 0 Å². The molecule has 0 aliphatic rings. The lowest BCUT2D eigenvalue weighted by atomic mass is 10.1. The number of benzene rings is 1. The van der Waals surface area contributed by atoms with Crippen LogP contribution in [0.1, 0.15) is 37.2 Å². The molecule has 134 valence electrons. The molecule has 2 aromatic rings. The number of nitrogens with zero attached hydrogens (tertiary/aromatic N) is 4. The van der Waals surface area contributed by atoms with Crippen molar-refractivity contribution in [3.63, 3.8) is 0 Å². The highest BCUT2D eigenvalue weighted by Gasteiger charge is 2.22. The van der Waals surface area contributed by atoms with E-state index < -0.39 is 5.91 Å². The van der Waals surface area contributed by atoms with Gasteiger partial charge in [-0.05, 0) is 52.0 Å². The summed E-state index contributed by atoms with van der Waals surface area (Å²) in [7, 11) is 1.51. The van der Waals surface area contributed by atoms with Gasteiger partial charge in [0.15, 0.2) is 0 Å². The lowest BCUT2D eigenvalue weighted by Crippen LogP contribution is -2.46. The molecule has 7 nitrogen and oxygen atoms in total. The number of carbonyl (C=O) groups is 2. The van der Waals surface area contributed by atoms with Crippen molar-refractivity contribution in [2.75, 3.05) is 13.6 Å². The van der Waals surface area contributed by atoms with Crippen LogP contribution in [0.2, 0.25) is 0 Å². The Bertz CT molecular complexity index is 777. The van der Waals surface area contributed by atoms with Gasteiger partial charge in [-0.25, -0.2) is 14.1 Å². The summed E-state index contributed by atoms with van der Waals surface area (Å²) in [5, 5.41) is 6.96. The minimum Gasteiger partial charge on any atom is -0.350 e. The van der Waals surface area contributed by atoms with Gasteiger partial charge in [-0.3, -0.25) is 9.59 Å². The summed E-state index contributed by atoms with van der Waals surface area (Å²) in [5.41, 5.74) is 0.221. The third-order valence-electron chi connectivity index (χ3n) is 3.27. The summed E-state index contributed by atoms with van der Waals surface area (Å²) in [5.74, 6) is -0.621. The van der Waals surface area contributed by atoms with E-state index in [4.69, 9.17) is 0 Å². The van der Waals surface area contributed by atoms with E-state index in [1.165, 1.54) is 28.8 Å². The van der Waals surface area contributed by atoms with Crippen molar-refractivity contribution < 1.29 is 14.0 Å². The minimum atomic E-state index is -0.465. The largest absolute Gasteiger partial charge is 0.350 e. The van der Waals surface area contributed by atoms with E-state index in [-0.39, 0.29) is 29.6 Å². The van der Waals surface area contributed by atoms with Gasteiger partial charge in [-0.2, -0.15) is 0 Å². The Labute approximate surface area is 145 Å². The first-order chi connectivity index (χ1) is 11.6. The Morgan fingerprint density at radius 3 is 2.40 bits per heavy atom. The third kappa shape index (κ3) is 4.85. The molecular formula is C17H22FN5O2. The summed E-state index contributed by atoms with van der Waals surface area (Å²) in [6, 6.07) is 5.71. The second kappa shape index (κ2) is 7.00. The Hall–Kier alpha value is -2.77. The number of hydrogen-bond acceptors (Lipinski definition) is 4. The molecule has 0 aliphatic carbocycles. The summed E-state index contributed by atoms with van der Waals surface area (Å²) >= 11 is 0. The number of aryl methyl sites for hydroxylation is 1. The molecule has 25 heavy (non-hydrogen) atoms. The molecule has 0 spiro atoms. The predicted molar refractivity (Wildman–Crippen MR) is 90.9 cm³/mol. The zero-order chi connectivity index (χ0) is 18.8. The highest BCUT2D eigenvalue weighted by Crippen LogP contribution is 2.11. The van der Waals surface area contributed by atoms with Gasteiger partial charge in [-0.1, -0.05) is 0 Å². The number of rotatable bonds is 4. The highest BCUT2D eigenvalue weighted by molar-refractivity contribution is 5.93. The molecule has 8 heteroatoms. The van der Waals surface area contributed by atoms with Crippen molar-refractivity contribution in [1.29, 1.82) is 0 Å². The SMILES string of the molecule is Cc1nc(C(=O)N(C)CC(=O)NC(C)(C)C)nn1-c1ccc(F)cc1. The molecule has 0 unspecified atom stereocenters. The molecule has 0 fully saturated rings. The lowest BCUT2D eigenvalue weighted by molar-refractivity contribution is -0.122. The monoisotopic (exact) mass is 347 g/mol. The van der Waals surface area contributed by atoms with Crippen molar-refractivity contribution in [2.45, 2.75) is 33.2 Å². The second-order valence-electron chi connectivity index (χ2n) is 6.83. The van der Waals surface area contributed by atoms with Gasteiger partial charge in [0.2, 0.25) is 11.7 Å². The Balaban J connectivity index is 2.13. The fourth-order valence-corrected chi connectivity index (χ4v) is 2.22. The summed E-state index contributed by atoms with van der Waals surface area (Å²) in [6.45, 7) is 7.19. The molecule has 1 aromatic carbocycles. The summed E-state index contributed by atoms with van der Waals surface area (Å²) in [4.78, 5) is 29.8. The second-order valence-corrected chi connectivity index (χ2v) is 6.83. The smallest absolute Gasteiger partial charge is 0.293 e. The van der Waals surface area contributed by atoms with Crippen molar-refractivity contribution in [1.82, 2.24) is 25.0 Å². The molecule has 0 bridgehead atoms. The molecule has 1 aromatic heterocycles. The summed E-state index contributed by atoms with van der Waals surface area (Å²) < 4.78 is 14.5. The van der Waals surface area contributed by atoms with E-state index in [2.05, 4.69) is 15.4 Å². The molecule has 1 N–H and O–H groups in total. The van der Waals surface area contributed by atoms with Crippen LogP contribution in [0.15, 0.2) is 24.3 Å². The van der Waals surface area contributed by atoms with E-state index in [9.17, 15) is 14.0 Å². The maximum absolute atomic E-state index is 13.0. The average Bonchev–Trinajstić information content (AvgIpc) is 2.87. The maximum atomic E-state index is 13.0. The number of halogens is 1. The van der Waals surface area contributed by atoms with Gasteiger partial charge in [0.1, 0.15) is 11.6 Å². The lowest BCUT2D eigenvalue weighted by Gasteiger charge is -2.22. The summed E-state index contributed by atoms with van der Waals surface area (Å²) in [6.07, 6.45) is 0. The number of nitrogens with one attached hydrogen (secondary N) is 1. The van der Waals surface area contributed by atoms with E-state index in [1.54, 1.807) is 19.1 Å². The quantitative estimate of drug-likeness (QED) is 0.913. The Kier molecular flexibility index (Phi) is 5.20. The topological polar surface area (TPSA) is 80.1 Å².